The van der Waals surface area contributed by atoms with Gasteiger partial charge in [0, 0.05) is 33.8 Å². The van der Waals surface area contributed by atoms with E-state index in [1.807, 2.05) is 18.3 Å². The summed E-state index contributed by atoms with van der Waals surface area (Å²) in [6.45, 7) is 4.16. The second-order valence-electron chi connectivity index (χ2n) is 8.24. The van der Waals surface area contributed by atoms with Crippen LogP contribution in [0.1, 0.15) is 27.0 Å². The molecule has 7 heteroatoms. The smallest absolute Gasteiger partial charge is 0.203 e. The summed E-state index contributed by atoms with van der Waals surface area (Å²) in [4.78, 5) is 24.9. The van der Waals surface area contributed by atoms with Crippen molar-refractivity contribution in [3.05, 3.63) is 70.9 Å². The number of H-pyrrole nitrogens is 2. The van der Waals surface area contributed by atoms with E-state index in [1.54, 1.807) is 18.2 Å². The van der Waals surface area contributed by atoms with Crippen LogP contribution in [0.5, 0.6) is 17.2 Å². The van der Waals surface area contributed by atoms with Gasteiger partial charge in [0.2, 0.25) is 5.75 Å². The number of nitrogens with zero attached hydrogens (tertiary/aromatic N) is 1. The van der Waals surface area contributed by atoms with Crippen molar-refractivity contribution >= 4 is 27.7 Å². The van der Waals surface area contributed by atoms with Crippen molar-refractivity contribution < 1.29 is 19.0 Å². The number of nitrogens with one attached hydrogen (secondary N) is 2. The van der Waals surface area contributed by atoms with Gasteiger partial charge in [-0.2, -0.15) is 0 Å². The van der Waals surface area contributed by atoms with Crippen molar-refractivity contribution in [1.29, 1.82) is 0 Å². The molecular formula is C27H25N3O4. The van der Waals surface area contributed by atoms with Gasteiger partial charge < -0.3 is 24.2 Å². The molecule has 0 bridgehead atoms. The maximum atomic E-state index is 13.4. The summed E-state index contributed by atoms with van der Waals surface area (Å²) in [5.74, 6) is 1.91. The van der Waals surface area contributed by atoms with Crippen molar-refractivity contribution in [2.45, 2.75) is 13.8 Å². The van der Waals surface area contributed by atoms with E-state index in [-0.39, 0.29) is 5.78 Å². The molecule has 0 saturated carbocycles. The van der Waals surface area contributed by atoms with E-state index in [9.17, 15) is 4.79 Å². The number of rotatable bonds is 6. The van der Waals surface area contributed by atoms with Gasteiger partial charge in [-0.05, 0) is 67.4 Å². The summed E-state index contributed by atoms with van der Waals surface area (Å²) >= 11 is 0. The monoisotopic (exact) mass is 455 g/mol. The molecule has 0 spiro atoms. The van der Waals surface area contributed by atoms with Crippen LogP contribution in [-0.4, -0.2) is 42.1 Å². The average Bonchev–Trinajstić information content (AvgIpc) is 3.45. The normalized spacial score (nSPS) is 11.2. The quantitative estimate of drug-likeness (QED) is 0.326. The minimum absolute atomic E-state index is 0.149. The molecule has 0 atom stereocenters. The van der Waals surface area contributed by atoms with Crippen molar-refractivity contribution in [3.63, 3.8) is 0 Å². The number of carbonyl (C=O) groups excluding carboxylic acids is 1. The van der Waals surface area contributed by atoms with Gasteiger partial charge in [-0.3, -0.25) is 4.79 Å². The topological polar surface area (TPSA) is 89.2 Å². The third kappa shape index (κ3) is 3.46. The molecule has 0 radical (unpaired) electrons. The standard InChI is InChI=1S/C27H25N3O4/c1-14-8-21-22(9-15(14)2)30-27(29-21)19-13-28-20-7-6-16(10-18(19)20)25(31)17-11-23(32-3)26(34-5)24(12-17)33-4/h6-13,28H,1-5H3,(H,29,30). The van der Waals surface area contributed by atoms with Crippen molar-refractivity contribution in [3.8, 4) is 28.6 Å². The van der Waals surface area contributed by atoms with Crippen LogP contribution in [0.3, 0.4) is 0 Å². The van der Waals surface area contributed by atoms with E-state index >= 15 is 0 Å². The maximum Gasteiger partial charge on any atom is 0.203 e. The minimum atomic E-state index is -0.149. The highest BCUT2D eigenvalue weighted by Crippen LogP contribution is 2.39. The number of imidazole rings is 1. The number of aromatic amines is 2. The van der Waals surface area contributed by atoms with E-state index < -0.39 is 0 Å². The molecule has 0 aliphatic heterocycles. The molecule has 3 aromatic carbocycles. The summed E-state index contributed by atoms with van der Waals surface area (Å²) in [6.07, 6.45) is 1.91. The summed E-state index contributed by atoms with van der Waals surface area (Å²) in [5.41, 5.74) is 7.12. The minimum Gasteiger partial charge on any atom is -0.493 e. The molecule has 2 N–H and O–H groups in total. The molecule has 2 heterocycles. The van der Waals surface area contributed by atoms with Crippen LogP contribution in [0.25, 0.3) is 33.3 Å². The van der Waals surface area contributed by atoms with Crippen LogP contribution < -0.4 is 14.2 Å². The van der Waals surface area contributed by atoms with Crippen molar-refractivity contribution in [2.75, 3.05) is 21.3 Å². The molecular weight excluding hydrogens is 430 g/mol. The first kappa shape index (κ1) is 21.6. The highest BCUT2D eigenvalue weighted by Gasteiger charge is 2.19. The lowest BCUT2D eigenvalue weighted by atomic mass is 10.00. The summed E-state index contributed by atoms with van der Waals surface area (Å²) < 4.78 is 16.2. The number of aryl methyl sites for hydroxylation is 2. The van der Waals surface area contributed by atoms with Gasteiger partial charge in [0.05, 0.1) is 32.4 Å². The molecule has 0 fully saturated rings. The van der Waals surface area contributed by atoms with Crippen LogP contribution in [0.4, 0.5) is 0 Å². The van der Waals surface area contributed by atoms with Crippen LogP contribution >= 0.6 is 0 Å². The second-order valence-corrected chi connectivity index (χ2v) is 8.24. The van der Waals surface area contributed by atoms with Crippen LogP contribution in [-0.2, 0) is 0 Å². The van der Waals surface area contributed by atoms with Crippen LogP contribution in [0.2, 0.25) is 0 Å². The van der Waals surface area contributed by atoms with Gasteiger partial charge in [0.15, 0.2) is 17.3 Å². The molecule has 0 aliphatic carbocycles. The first-order chi connectivity index (χ1) is 16.4. The maximum absolute atomic E-state index is 13.4. The summed E-state index contributed by atoms with van der Waals surface area (Å²) in [5, 5.41) is 0.908. The van der Waals surface area contributed by atoms with E-state index in [0.717, 1.165) is 33.3 Å². The molecule has 7 nitrogen and oxygen atoms in total. The lowest BCUT2D eigenvalue weighted by molar-refractivity contribution is 0.103. The first-order valence-electron chi connectivity index (χ1n) is 10.9. The predicted octanol–water partition coefficient (Wildman–Crippen LogP) is 5.58. The fraction of sp³-hybridized carbons (Fsp3) is 0.185. The molecule has 172 valence electrons. The fourth-order valence-corrected chi connectivity index (χ4v) is 4.23. The van der Waals surface area contributed by atoms with Crippen molar-refractivity contribution in [1.82, 2.24) is 15.0 Å². The Kier molecular flexibility index (Phi) is 5.24. The Hall–Kier alpha value is -4.26. The highest BCUT2D eigenvalue weighted by atomic mass is 16.5. The third-order valence-corrected chi connectivity index (χ3v) is 6.22. The SMILES string of the molecule is COc1cc(C(=O)c2ccc3[nH]cc(-c4nc5cc(C)c(C)cc5[nH]4)c3c2)cc(OC)c1OC. The number of methoxy groups -OCH3 is 3. The van der Waals surface area contributed by atoms with E-state index in [4.69, 9.17) is 19.2 Å². The molecule has 5 rings (SSSR count). The number of ketones is 1. The van der Waals surface area contributed by atoms with Gasteiger partial charge in [-0.25, -0.2) is 4.98 Å². The molecule has 0 aliphatic rings. The van der Waals surface area contributed by atoms with Gasteiger partial charge >= 0.3 is 0 Å². The predicted molar refractivity (Wildman–Crippen MR) is 132 cm³/mol. The van der Waals surface area contributed by atoms with Gasteiger partial charge in [-0.15, -0.1) is 0 Å². The number of hydrogen-bond acceptors (Lipinski definition) is 5. The average molecular weight is 456 g/mol. The summed E-state index contributed by atoms with van der Waals surface area (Å²) in [7, 11) is 4.59. The first-order valence-corrected chi connectivity index (χ1v) is 10.9. The zero-order chi connectivity index (χ0) is 24.0. The fourth-order valence-electron chi connectivity index (χ4n) is 4.23. The van der Waals surface area contributed by atoms with Crippen LogP contribution in [0, 0.1) is 13.8 Å². The Morgan fingerprint density at radius 3 is 2.21 bits per heavy atom. The highest BCUT2D eigenvalue weighted by molar-refractivity contribution is 6.12. The number of benzene rings is 3. The molecule has 34 heavy (non-hydrogen) atoms. The van der Waals surface area contributed by atoms with E-state index in [0.29, 0.717) is 28.4 Å². The largest absolute Gasteiger partial charge is 0.493 e. The zero-order valence-corrected chi connectivity index (χ0v) is 19.7. The molecule has 5 aromatic rings. The number of fused-ring (bicyclic) bond motifs is 2. The Labute approximate surface area is 196 Å². The number of aromatic nitrogens is 3. The summed E-state index contributed by atoms with van der Waals surface area (Å²) in [6, 6.07) is 13.1. The van der Waals surface area contributed by atoms with Gasteiger partial charge in [0.25, 0.3) is 0 Å². The van der Waals surface area contributed by atoms with E-state index in [1.165, 1.54) is 32.5 Å². The molecule has 0 saturated heterocycles. The Morgan fingerprint density at radius 2 is 1.53 bits per heavy atom. The Bertz CT molecular complexity index is 1500. The Morgan fingerprint density at radius 1 is 0.824 bits per heavy atom. The zero-order valence-electron chi connectivity index (χ0n) is 19.7. The Balaban J connectivity index is 1.59. The number of hydrogen-bond donors (Lipinski definition) is 2. The van der Waals surface area contributed by atoms with Crippen molar-refractivity contribution in [2.24, 2.45) is 0 Å². The number of carbonyl (C=O) groups is 1. The van der Waals surface area contributed by atoms with E-state index in [2.05, 4.69) is 35.9 Å². The van der Waals surface area contributed by atoms with Crippen LogP contribution in [0.15, 0.2) is 48.7 Å². The van der Waals surface area contributed by atoms with Gasteiger partial charge in [-0.1, -0.05) is 0 Å². The lowest BCUT2D eigenvalue weighted by Crippen LogP contribution is -2.04. The van der Waals surface area contributed by atoms with Gasteiger partial charge in [0.1, 0.15) is 5.82 Å². The number of ether oxygens (including phenoxy) is 3. The lowest BCUT2D eigenvalue weighted by Gasteiger charge is -2.13. The second kappa shape index (κ2) is 8.26. The molecule has 2 aromatic heterocycles. The molecule has 0 unspecified atom stereocenters. The molecule has 0 amide bonds. The third-order valence-electron chi connectivity index (χ3n) is 6.22.